The molecule has 110 valence electrons. The van der Waals surface area contributed by atoms with Crippen LogP contribution in [0.4, 0.5) is 0 Å². The van der Waals surface area contributed by atoms with Gasteiger partial charge < -0.3 is 15.0 Å². The Labute approximate surface area is 124 Å². The zero-order chi connectivity index (χ0) is 14.7. The molecule has 0 bridgehead atoms. The van der Waals surface area contributed by atoms with Crippen LogP contribution in [0.25, 0.3) is 11.0 Å². The molecule has 2 aromatic rings. The number of aliphatic hydroxyl groups excluding tert-OH is 1. The molecule has 1 heterocycles. The third-order valence-corrected chi connectivity index (χ3v) is 3.83. The number of aromatic nitrogens is 2. The van der Waals surface area contributed by atoms with Crippen molar-refractivity contribution < 1.29 is 5.11 Å². The first-order valence-electron chi connectivity index (χ1n) is 7.01. The summed E-state index contributed by atoms with van der Waals surface area (Å²) in [6, 6.07) is 6.27. The number of aliphatic hydroxyl groups is 1. The van der Waals surface area contributed by atoms with Gasteiger partial charge in [-0.25, -0.2) is 4.98 Å². The maximum atomic E-state index is 8.87. The quantitative estimate of drug-likeness (QED) is 0.861. The van der Waals surface area contributed by atoms with Gasteiger partial charge in [-0.15, -0.1) is 0 Å². The lowest BCUT2D eigenvalue weighted by atomic mass is 10.1. The highest BCUT2D eigenvalue weighted by molar-refractivity contribution is 6.31. The number of imidazole rings is 1. The highest BCUT2D eigenvalue weighted by Gasteiger charge is 2.16. The van der Waals surface area contributed by atoms with Crippen molar-refractivity contribution in [3.8, 4) is 0 Å². The van der Waals surface area contributed by atoms with E-state index in [1.165, 1.54) is 0 Å². The number of halogens is 1. The number of nitrogens with one attached hydrogen (secondary N) is 1. The fourth-order valence-corrected chi connectivity index (χ4v) is 2.73. The average molecular weight is 296 g/mol. The van der Waals surface area contributed by atoms with Gasteiger partial charge in [-0.05, 0) is 44.9 Å². The van der Waals surface area contributed by atoms with Crippen molar-refractivity contribution in [3.63, 3.8) is 0 Å². The van der Waals surface area contributed by atoms with Gasteiger partial charge in [-0.1, -0.05) is 11.6 Å². The van der Waals surface area contributed by atoms with Crippen molar-refractivity contribution in [1.29, 1.82) is 0 Å². The Kier molecular flexibility index (Phi) is 5.02. The van der Waals surface area contributed by atoms with Crippen LogP contribution >= 0.6 is 11.6 Å². The van der Waals surface area contributed by atoms with Gasteiger partial charge in [-0.3, -0.25) is 0 Å². The van der Waals surface area contributed by atoms with Crippen LogP contribution in [0.1, 0.15) is 38.6 Å². The largest absolute Gasteiger partial charge is 0.396 e. The van der Waals surface area contributed by atoms with Gasteiger partial charge in [0.1, 0.15) is 5.82 Å². The van der Waals surface area contributed by atoms with Gasteiger partial charge in [0.25, 0.3) is 0 Å². The lowest BCUT2D eigenvalue weighted by Crippen LogP contribution is -2.30. The summed E-state index contributed by atoms with van der Waals surface area (Å²) < 4.78 is 2.10. The van der Waals surface area contributed by atoms with E-state index in [4.69, 9.17) is 16.7 Å². The standard InChI is InChI=1S/C15H22ClN3O/c1-10(5-4-8-20)17-11(2)15-18-13-9-12(16)6-7-14(13)19(15)3/h6-7,9-11,17,20H,4-5,8H2,1-3H3. The molecule has 0 amide bonds. The fraction of sp³-hybridized carbons (Fsp3) is 0.533. The average Bonchev–Trinajstić information content (AvgIpc) is 2.73. The van der Waals surface area contributed by atoms with E-state index in [-0.39, 0.29) is 12.6 Å². The molecule has 1 aromatic carbocycles. The van der Waals surface area contributed by atoms with Gasteiger partial charge in [0.15, 0.2) is 0 Å². The zero-order valence-electron chi connectivity index (χ0n) is 12.2. The summed E-state index contributed by atoms with van der Waals surface area (Å²) in [6.07, 6.45) is 1.77. The fourth-order valence-electron chi connectivity index (χ4n) is 2.56. The second-order valence-corrected chi connectivity index (χ2v) is 5.75. The third-order valence-electron chi connectivity index (χ3n) is 3.59. The summed E-state index contributed by atoms with van der Waals surface area (Å²) in [7, 11) is 2.02. The third kappa shape index (κ3) is 3.32. The van der Waals surface area contributed by atoms with Crippen LogP contribution in [0.3, 0.4) is 0 Å². The molecule has 2 unspecified atom stereocenters. The van der Waals surface area contributed by atoms with Gasteiger partial charge in [0.2, 0.25) is 0 Å². The Morgan fingerprint density at radius 1 is 1.40 bits per heavy atom. The second kappa shape index (κ2) is 6.57. The maximum absolute atomic E-state index is 8.87. The number of benzene rings is 1. The first kappa shape index (κ1) is 15.3. The predicted octanol–water partition coefficient (Wildman–Crippen LogP) is 3.04. The molecule has 2 atom stereocenters. The molecule has 0 fully saturated rings. The van der Waals surface area contributed by atoms with Crippen LogP contribution < -0.4 is 5.32 Å². The van der Waals surface area contributed by atoms with E-state index in [1.807, 2.05) is 25.2 Å². The lowest BCUT2D eigenvalue weighted by Gasteiger charge is -2.19. The number of rotatable bonds is 6. The van der Waals surface area contributed by atoms with Gasteiger partial charge >= 0.3 is 0 Å². The summed E-state index contributed by atoms with van der Waals surface area (Å²) in [5.74, 6) is 0.998. The van der Waals surface area contributed by atoms with Crippen molar-refractivity contribution in [2.24, 2.45) is 7.05 Å². The minimum Gasteiger partial charge on any atom is -0.396 e. The molecule has 20 heavy (non-hydrogen) atoms. The molecule has 0 saturated heterocycles. The van der Waals surface area contributed by atoms with E-state index in [2.05, 4.69) is 28.7 Å². The number of nitrogens with zero attached hydrogens (tertiary/aromatic N) is 2. The maximum Gasteiger partial charge on any atom is 0.126 e. The number of hydrogen-bond donors (Lipinski definition) is 2. The molecule has 5 heteroatoms. The van der Waals surface area contributed by atoms with Crippen LogP contribution in [-0.2, 0) is 7.05 Å². The lowest BCUT2D eigenvalue weighted by molar-refractivity contribution is 0.274. The number of hydrogen-bond acceptors (Lipinski definition) is 3. The summed E-state index contributed by atoms with van der Waals surface area (Å²) >= 11 is 6.01. The summed E-state index contributed by atoms with van der Waals surface area (Å²) in [4.78, 5) is 4.67. The molecule has 0 aliphatic rings. The van der Waals surface area contributed by atoms with Crippen LogP contribution in [0, 0.1) is 0 Å². The SMILES string of the molecule is CC(CCCO)NC(C)c1nc2cc(Cl)ccc2n1C. The van der Waals surface area contributed by atoms with Crippen LogP contribution in [0.15, 0.2) is 18.2 Å². The van der Waals surface area contributed by atoms with Crippen molar-refractivity contribution >= 4 is 22.6 Å². The Morgan fingerprint density at radius 3 is 2.85 bits per heavy atom. The second-order valence-electron chi connectivity index (χ2n) is 5.32. The Balaban J connectivity index is 2.17. The highest BCUT2D eigenvalue weighted by Crippen LogP contribution is 2.23. The van der Waals surface area contributed by atoms with Crippen LogP contribution in [-0.4, -0.2) is 27.3 Å². The number of fused-ring (bicyclic) bond motifs is 1. The van der Waals surface area contributed by atoms with Crippen LogP contribution in [0.2, 0.25) is 5.02 Å². The van der Waals surface area contributed by atoms with Crippen LogP contribution in [0.5, 0.6) is 0 Å². The van der Waals surface area contributed by atoms with Gasteiger partial charge in [-0.2, -0.15) is 0 Å². The molecule has 2 rings (SSSR count). The minimum atomic E-state index is 0.153. The molecule has 0 aliphatic heterocycles. The highest BCUT2D eigenvalue weighted by atomic mass is 35.5. The van der Waals surface area contributed by atoms with Gasteiger partial charge in [0.05, 0.1) is 17.1 Å². The van der Waals surface area contributed by atoms with E-state index >= 15 is 0 Å². The molecule has 1 aromatic heterocycles. The van der Waals surface area contributed by atoms with Crippen molar-refractivity contribution in [2.45, 2.75) is 38.8 Å². The normalized spacial score (nSPS) is 14.7. The molecule has 0 spiro atoms. The predicted molar refractivity (Wildman–Crippen MR) is 83.1 cm³/mol. The molecule has 0 aliphatic carbocycles. The van der Waals surface area contributed by atoms with E-state index in [9.17, 15) is 0 Å². The Morgan fingerprint density at radius 2 is 2.15 bits per heavy atom. The minimum absolute atomic E-state index is 0.153. The first-order chi connectivity index (χ1) is 9.52. The zero-order valence-corrected chi connectivity index (χ0v) is 13.0. The summed E-state index contributed by atoms with van der Waals surface area (Å²) in [5, 5.41) is 13.1. The van der Waals surface area contributed by atoms with E-state index in [0.29, 0.717) is 11.1 Å². The first-order valence-corrected chi connectivity index (χ1v) is 7.39. The smallest absolute Gasteiger partial charge is 0.126 e. The topological polar surface area (TPSA) is 50.1 Å². The molecular weight excluding hydrogens is 274 g/mol. The van der Waals surface area contributed by atoms with Crippen molar-refractivity contribution in [1.82, 2.24) is 14.9 Å². The number of aryl methyl sites for hydroxylation is 1. The van der Waals surface area contributed by atoms with Gasteiger partial charge in [0, 0.05) is 24.7 Å². The molecule has 0 saturated carbocycles. The summed E-state index contributed by atoms with van der Waals surface area (Å²) in [5.41, 5.74) is 2.01. The summed E-state index contributed by atoms with van der Waals surface area (Å²) in [6.45, 7) is 4.48. The van der Waals surface area contributed by atoms with Crippen molar-refractivity contribution in [2.75, 3.05) is 6.61 Å². The molecular formula is C15H22ClN3O. The van der Waals surface area contributed by atoms with E-state index in [0.717, 1.165) is 29.7 Å². The molecule has 2 N–H and O–H groups in total. The van der Waals surface area contributed by atoms with E-state index in [1.54, 1.807) is 0 Å². The Hall–Kier alpha value is -1.10. The van der Waals surface area contributed by atoms with E-state index < -0.39 is 0 Å². The molecule has 4 nitrogen and oxygen atoms in total. The monoisotopic (exact) mass is 295 g/mol. The van der Waals surface area contributed by atoms with Crippen molar-refractivity contribution in [3.05, 3.63) is 29.0 Å². The molecule has 0 radical (unpaired) electrons. The Bertz CT molecular complexity index is 582.